The first-order chi connectivity index (χ1) is 8.81. The number of benzene rings is 2. The number of aromatic nitrogens is 1. The van der Waals surface area contributed by atoms with Crippen molar-refractivity contribution >= 4 is 39.2 Å². The Balaban J connectivity index is 1.74. The van der Waals surface area contributed by atoms with Gasteiger partial charge in [-0.25, -0.2) is 4.98 Å². The number of aryl methyl sites for hydroxylation is 1. The third-order valence-corrected chi connectivity index (χ3v) is 4.52. The molecule has 2 nitrogen and oxygen atoms in total. The van der Waals surface area contributed by atoms with Crippen molar-refractivity contribution in [2.45, 2.75) is 11.3 Å². The van der Waals surface area contributed by atoms with Crippen molar-refractivity contribution in [3.63, 3.8) is 0 Å². The molecule has 0 aliphatic rings. The standard InChI is InChI=1S/C14H12N2S2/c1-10-6-8-11(9-7-10)16-18-14-15-12-4-2-3-5-13(12)17-14/h2-9,16H,1H3. The van der Waals surface area contributed by atoms with E-state index in [0.29, 0.717) is 0 Å². The van der Waals surface area contributed by atoms with Crippen LogP contribution in [-0.4, -0.2) is 4.98 Å². The maximum Gasteiger partial charge on any atom is 0.171 e. The number of anilines is 1. The van der Waals surface area contributed by atoms with E-state index in [1.807, 2.05) is 18.2 Å². The second-order valence-corrected chi connectivity index (χ2v) is 6.10. The molecule has 0 saturated heterocycles. The van der Waals surface area contributed by atoms with Gasteiger partial charge in [-0.2, -0.15) is 0 Å². The molecule has 0 aliphatic carbocycles. The molecule has 0 amide bonds. The second kappa shape index (κ2) is 5.00. The average molecular weight is 272 g/mol. The fraction of sp³-hybridized carbons (Fsp3) is 0.0714. The molecular formula is C14H12N2S2. The fourth-order valence-corrected chi connectivity index (χ4v) is 3.36. The largest absolute Gasteiger partial charge is 0.324 e. The predicted molar refractivity (Wildman–Crippen MR) is 80.3 cm³/mol. The molecule has 18 heavy (non-hydrogen) atoms. The number of fused-ring (bicyclic) bond motifs is 1. The summed E-state index contributed by atoms with van der Waals surface area (Å²) in [6, 6.07) is 16.6. The van der Waals surface area contributed by atoms with Crippen LogP contribution in [0.1, 0.15) is 5.56 Å². The molecule has 1 aromatic heterocycles. The fourth-order valence-electron chi connectivity index (χ4n) is 1.62. The van der Waals surface area contributed by atoms with Gasteiger partial charge in [-0.15, -0.1) is 11.3 Å². The highest BCUT2D eigenvalue weighted by atomic mass is 32.2. The molecule has 3 rings (SSSR count). The molecule has 0 radical (unpaired) electrons. The van der Waals surface area contributed by atoms with Crippen molar-refractivity contribution in [1.82, 2.24) is 4.98 Å². The highest BCUT2D eigenvalue weighted by Crippen LogP contribution is 2.29. The van der Waals surface area contributed by atoms with Crippen LogP contribution in [0.5, 0.6) is 0 Å². The van der Waals surface area contributed by atoms with Crippen LogP contribution in [0.2, 0.25) is 0 Å². The zero-order valence-electron chi connectivity index (χ0n) is 9.88. The zero-order valence-corrected chi connectivity index (χ0v) is 11.5. The Morgan fingerprint density at radius 2 is 1.83 bits per heavy atom. The van der Waals surface area contributed by atoms with E-state index in [-0.39, 0.29) is 0 Å². The number of rotatable bonds is 3. The lowest BCUT2D eigenvalue weighted by Gasteiger charge is -2.02. The van der Waals surface area contributed by atoms with Crippen LogP contribution < -0.4 is 4.72 Å². The summed E-state index contributed by atoms with van der Waals surface area (Å²) in [4.78, 5) is 4.56. The minimum absolute atomic E-state index is 1.04. The first kappa shape index (κ1) is 11.6. The number of thiazole rings is 1. The van der Waals surface area contributed by atoms with Crippen molar-refractivity contribution in [3.8, 4) is 0 Å². The van der Waals surface area contributed by atoms with Crippen molar-refractivity contribution in [1.29, 1.82) is 0 Å². The Morgan fingerprint density at radius 1 is 1.06 bits per heavy atom. The Morgan fingerprint density at radius 3 is 2.61 bits per heavy atom. The van der Waals surface area contributed by atoms with Crippen molar-refractivity contribution in [2.24, 2.45) is 0 Å². The van der Waals surface area contributed by atoms with Crippen LogP contribution in [0.4, 0.5) is 5.69 Å². The van der Waals surface area contributed by atoms with Gasteiger partial charge in [0, 0.05) is 17.6 Å². The van der Waals surface area contributed by atoms with E-state index in [0.717, 1.165) is 15.5 Å². The molecule has 0 saturated carbocycles. The second-order valence-electron chi connectivity index (χ2n) is 4.02. The van der Waals surface area contributed by atoms with Crippen LogP contribution in [0.3, 0.4) is 0 Å². The van der Waals surface area contributed by atoms with Crippen LogP contribution in [-0.2, 0) is 0 Å². The molecule has 0 spiro atoms. The Hall–Kier alpha value is -1.52. The normalized spacial score (nSPS) is 10.7. The molecule has 90 valence electrons. The molecule has 2 aromatic carbocycles. The number of nitrogens with one attached hydrogen (secondary N) is 1. The summed E-state index contributed by atoms with van der Waals surface area (Å²) in [6.45, 7) is 2.09. The van der Waals surface area contributed by atoms with Crippen molar-refractivity contribution < 1.29 is 0 Å². The van der Waals surface area contributed by atoms with Gasteiger partial charge >= 0.3 is 0 Å². The number of para-hydroxylation sites is 1. The van der Waals surface area contributed by atoms with E-state index >= 15 is 0 Å². The van der Waals surface area contributed by atoms with E-state index in [4.69, 9.17) is 0 Å². The molecule has 4 heteroatoms. The first-order valence-corrected chi connectivity index (χ1v) is 7.30. The third-order valence-electron chi connectivity index (χ3n) is 2.58. The summed E-state index contributed by atoms with van der Waals surface area (Å²) in [7, 11) is 0. The average Bonchev–Trinajstić information content (AvgIpc) is 2.81. The van der Waals surface area contributed by atoms with Gasteiger partial charge in [-0.05, 0) is 31.2 Å². The molecule has 1 N–H and O–H groups in total. The minimum Gasteiger partial charge on any atom is -0.324 e. The van der Waals surface area contributed by atoms with E-state index in [1.54, 1.807) is 23.3 Å². The highest BCUT2D eigenvalue weighted by molar-refractivity contribution is 8.02. The first-order valence-electron chi connectivity index (χ1n) is 5.66. The number of nitrogens with zero attached hydrogens (tertiary/aromatic N) is 1. The summed E-state index contributed by atoms with van der Waals surface area (Å²) in [5, 5.41) is 0. The summed E-state index contributed by atoms with van der Waals surface area (Å²) >= 11 is 3.27. The maximum atomic E-state index is 4.56. The van der Waals surface area contributed by atoms with Gasteiger partial charge in [0.25, 0.3) is 0 Å². The van der Waals surface area contributed by atoms with E-state index in [1.165, 1.54) is 10.3 Å². The molecule has 0 bridgehead atoms. The quantitative estimate of drug-likeness (QED) is 0.698. The Kier molecular flexibility index (Phi) is 3.21. The minimum atomic E-state index is 1.04. The Labute approximate surface area is 114 Å². The summed E-state index contributed by atoms with van der Waals surface area (Å²) < 4.78 is 5.58. The smallest absolute Gasteiger partial charge is 0.171 e. The molecular weight excluding hydrogens is 260 g/mol. The van der Waals surface area contributed by atoms with Crippen LogP contribution in [0, 0.1) is 6.92 Å². The summed E-state index contributed by atoms with van der Waals surface area (Å²) in [5.41, 5.74) is 3.44. The number of hydrogen-bond acceptors (Lipinski definition) is 4. The van der Waals surface area contributed by atoms with E-state index in [9.17, 15) is 0 Å². The summed E-state index contributed by atoms with van der Waals surface area (Å²) in [6.07, 6.45) is 0. The van der Waals surface area contributed by atoms with Gasteiger partial charge in [-0.1, -0.05) is 29.8 Å². The van der Waals surface area contributed by atoms with Gasteiger partial charge in [-0.3, -0.25) is 0 Å². The van der Waals surface area contributed by atoms with Gasteiger partial charge in [0.15, 0.2) is 4.34 Å². The van der Waals surface area contributed by atoms with Crippen molar-refractivity contribution in [2.75, 3.05) is 4.72 Å². The Bertz CT molecular complexity index is 626. The SMILES string of the molecule is Cc1ccc(NSc2nc3ccccc3s2)cc1. The van der Waals surface area contributed by atoms with Gasteiger partial charge in [0.1, 0.15) is 0 Å². The monoisotopic (exact) mass is 272 g/mol. The van der Waals surface area contributed by atoms with Crippen molar-refractivity contribution in [3.05, 3.63) is 54.1 Å². The lowest BCUT2D eigenvalue weighted by molar-refractivity contribution is 1.31. The lowest BCUT2D eigenvalue weighted by atomic mass is 10.2. The molecule has 0 aliphatic heterocycles. The molecule has 1 heterocycles. The predicted octanol–water partition coefficient (Wildman–Crippen LogP) is 4.72. The summed E-state index contributed by atoms with van der Waals surface area (Å²) in [5.74, 6) is 0. The van der Waals surface area contributed by atoms with Gasteiger partial charge < -0.3 is 4.72 Å². The molecule has 0 unspecified atom stereocenters. The number of hydrogen-bond donors (Lipinski definition) is 1. The lowest BCUT2D eigenvalue weighted by Crippen LogP contribution is -1.85. The topological polar surface area (TPSA) is 24.9 Å². The van der Waals surface area contributed by atoms with E-state index in [2.05, 4.69) is 47.0 Å². The van der Waals surface area contributed by atoms with Crippen LogP contribution >= 0.6 is 23.3 Å². The maximum absolute atomic E-state index is 4.56. The molecule has 3 aromatic rings. The van der Waals surface area contributed by atoms with Gasteiger partial charge in [0.05, 0.1) is 10.2 Å². The van der Waals surface area contributed by atoms with E-state index < -0.39 is 0 Å². The molecule has 0 atom stereocenters. The highest BCUT2D eigenvalue weighted by Gasteiger charge is 2.03. The third kappa shape index (κ3) is 2.49. The molecule has 0 fully saturated rings. The van der Waals surface area contributed by atoms with Crippen LogP contribution in [0.15, 0.2) is 52.9 Å². The zero-order chi connectivity index (χ0) is 12.4. The van der Waals surface area contributed by atoms with Crippen LogP contribution in [0.25, 0.3) is 10.2 Å². The van der Waals surface area contributed by atoms with Gasteiger partial charge in [0.2, 0.25) is 0 Å².